The maximum Gasteiger partial charge on any atom is 0.0738 e. The smallest absolute Gasteiger partial charge is 0.0738 e. The average Bonchev–Trinajstić information content (AvgIpc) is 2.34. The molecule has 0 aromatic carbocycles. The van der Waals surface area contributed by atoms with Crippen molar-refractivity contribution in [2.24, 2.45) is 0 Å². The van der Waals surface area contributed by atoms with Crippen molar-refractivity contribution >= 4 is 21.6 Å². The molecule has 0 fully saturated rings. The number of fused-ring (bicyclic) bond motifs is 1. The average molecular weight is 164 g/mol. The summed E-state index contributed by atoms with van der Waals surface area (Å²) in [7, 11) is 0. The van der Waals surface area contributed by atoms with E-state index in [0.29, 0.717) is 0 Å². The van der Waals surface area contributed by atoms with Gasteiger partial charge in [-0.3, -0.25) is 4.98 Å². The lowest BCUT2D eigenvalue weighted by Gasteiger charge is -1.92. The Hall–Kier alpha value is -0.960. The van der Waals surface area contributed by atoms with Crippen LogP contribution < -0.4 is 0 Å². The summed E-state index contributed by atoms with van der Waals surface area (Å²) >= 11 is 1.52. The van der Waals surface area contributed by atoms with Crippen LogP contribution in [-0.4, -0.2) is 9.36 Å². The summed E-state index contributed by atoms with van der Waals surface area (Å²) < 4.78 is 5.44. The van der Waals surface area contributed by atoms with Gasteiger partial charge in [0.1, 0.15) is 0 Å². The number of aromatic nitrogens is 2. The molecule has 0 saturated carbocycles. The second kappa shape index (κ2) is 2.27. The van der Waals surface area contributed by atoms with Crippen LogP contribution in [0.5, 0.6) is 0 Å². The molecule has 2 aromatic rings. The van der Waals surface area contributed by atoms with Crippen molar-refractivity contribution in [3.05, 3.63) is 23.7 Å². The van der Waals surface area contributed by atoms with Crippen LogP contribution in [-0.2, 0) is 0 Å². The summed E-state index contributed by atoms with van der Waals surface area (Å²) in [5.41, 5.74) is 2.33. The highest BCUT2D eigenvalue weighted by Crippen LogP contribution is 2.23. The molecule has 0 bridgehead atoms. The fraction of sp³-hybridized carbons (Fsp3) is 0.250. The zero-order chi connectivity index (χ0) is 7.84. The second-order valence-corrected chi connectivity index (χ2v) is 3.40. The molecule has 0 aliphatic rings. The molecule has 56 valence electrons. The number of aryl methyl sites for hydroxylation is 2. The Kier molecular flexibility index (Phi) is 1.39. The molecule has 3 heteroatoms. The molecule has 11 heavy (non-hydrogen) atoms. The zero-order valence-electron chi connectivity index (χ0n) is 6.46. The first-order valence-corrected chi connectivity index (χ1v) is 4.23. The third-order valence-corrected chi connectivity index (χ3v) is 2.61. The molecular formula is C8H8N2S. The van der Waals surface area contributed by atoms with Gasteiger partial charge in [0.25, 0.3) is 0 Å². The second-order valence-electron chi connectivity index (χ2n) is 2.60. The molecule has 0 saturated heterocycles. The molecule has 0 amide bonds. The van der Waals surface area contributed by atoms with Crippen LogP contribution >= 0.6 is 11.5 Å². The Morgan fingerprint density at radius 2 is 2.09 bits per heavy atom. The molecule has 2 heterocycles. The highest BCUT2D eigenvalue weighted by molar-refractivity contribution is 7.13. The summed E-state index contributed by atoms with van der Waals surface area (Å²) in [5.74, 6) is 0. The zero-order valence-corrected chi connectivity index (χ0v) is 7.27. The highest BCUT2D eigenvalue weighted by Gasteiger charge is 2.03. The lowest BCUT2D eigenvalue weighted by atomic mass is 10.2. The van der Waals surface area contributed by atoms with Crippen molar-refractivity contribution < 1.29 is 0 Å². The predicted molar refractivity (Wildman–Crippen MR) is 46.9 cm³/mol. The highest BCUT2D eigenvalue weighted by atomic mass is 32.1. The first-order valence-electron chi connectivity index (χ1n) is 3.45. The summed E-state index contributed by atoms with van der Waals surface area (Å²) in [5, 5.41) is 1.27. The SMILES string of the molecule is Cc1cncc2snc(C)c12. The number of rotatable bonds is 0. The fourth-order valence-corrected chi connectivity index (χ4v) is 2.07. The molecule has 0 atom stereocenters. The van der Waals surface area contributed by atoms with Gasteiger partial charge in [-0.05, 0) is 30.9 Å². The van der Waals surface area contributed by atoms with E-state index in [1.165, 1.54) is 27.2 Å². The van der Waals surface area contributed by atoms with E-state index < -0.39 is 0 Å². The van der Waals surface area contributed by atoms with Crippen LogP contribution in [0.15, 0.2) is 12.4 Å². The van der Waals surface area contributed by atoms with Crippen molar-refractivity contribution in [2.75, 3.05) is 0 Å². The van der Waals surface area contributed by atoms with E-state index in [0.717, 1.165) is 5.69 Å². The van der Waals surface area contributed by atoms with Gasteiger partial charge in [-0.15, -0.1) is 0 Å². The Labute approximate surface area is 69.1 Å². The minimum absolute atomic E-state index is 1.12. The molecule has 0 aliphatic carbocycles. The number of hydrogen-bond acceptors (Lipinski definition) is 3. The first kappa shape index (κ1) is 6.73. The fourth-order valence-electron chi connectivity index (χ4n) is 1.24. The summed E-state index contributed by atoms with van der Waals surface area (Å²) in [6.07, 6.45) is 3.75. The van der Waals surface area contributed by atoms with E-state index >= 15 is 0 Å². The summed E-state index contributed by atoms with van der Waals surface area (Å²) in [6.45, 7) is 4.10. The van der Waals surface area contributed by atoms with Gasteiger partial charge < -0.3 is 0 Å². The van der Waals surface area contributed by atoms with Gasteiger partial charge in [-0.25, -0.2) is 0 Å². The van der Waals surface area contributed by atoms with Gasteiger partial charge >= 0.3 is 0 Å². The lowest BCUT2D eigenvalue weighted by Crippen LogP contribution is -1.78. The lowest BCUT2D eigenvalue weighted by molar-refractivity contribution is 1.30. The van der Waals surface area contributed by atoms with Crippen LogP contribution in [0.25, 0.3) is 10.1 Å². The Bertz CT molecular complexity index is 392. The van der Waals surface area contributed by atoms with Gasteiger partial charge in [0.2, 0.25) is 0 Å². The van der Waals surface area contributed by atoms with Gasteiger partial charge in [0.15, 0.2) is 0 Å². The van der Waals surface area contributed by atoms with Gasteiger partial charge in [-0.1, -0.05) is 0 Å². The van der Waals surface area contributed by atoms with E-state index in [1.807, 2.05) is 19.3 Å². The molecule has 0 N–H and O–H groups in total. The van der Waals surface area contributed by atoms with Crippen molar-refractivity contribution in [3.8, 4) is 0 Å². The van der Waals surface area contributed by atoms with E-state index in [1.54, 1.807) is 0 Å². The van der Waals surface area contributed by atoms with Crippen molar-refractivity contribution in [1.29, 1.82) is 0 Å². The minimum Gasteiger partial charge on any atom is -0.263 e. The molecule has 2 nitrogen and oxygen atoms in total. The number of hydrogen-bond donors (Lipinski definition) is 0. The Balaban J connectivity index is 2.96. The van der Waals surface area contributed by atoms with Crippen LogP contribution in [0.2, 0.25) is 0 Å². The van der Waals surface area contributed by atoms with Crippen molar-refractivity contribution in [2.45, 2.75) is 13.8 Å². The van der Waals surface area contributed by atoms with Crippen molar-refractivity contribution in [3.63, 3.8) is 0 Å². The van der Waals surface area contributed by atoms with Crippen LogP contribution in [0, 0.1) is 13.8 Å². The van der Waals surface area contributed by atoms with Gasteiger partial charge in [-0.2, -0.15) is 4.37 Å². The van der Waals surface area contributed by atoms with E-state index in [4.69, 9.17) is 0 Å². The largest absolute Gasteiger partial charge is 0.263 e. The minimum atomic E-state index is 1.12. The Morgan fingerprint density at radius 3 is 2.82 bits per heavy atom. The van der Waals surface area contributed by atoms with Crippen LogP contribution in [0.1, 0.15) is 11.3 Å². The molecule has 0 radical (unpaired) electrons. The molecule has 0 aliphatic heterocycles. The van der Waals surface area contributed by atoms with Crippen LogP contribution in [0.4, 0.5) is 0 Å². The maximum absolute atomic E-state index is 4.26. The van der Waals surface area contributed by atoms with E-state index in [2.05, 4.69) is 16.3 Å². The topological polar surface area (TPSA) is 25.8 Å². The normalized spacial score (nSPS) is 10.7. The number of pyridine rings is 1. The molecule has 0 unspecified atom stereocenters. The van der Waals surface area contributed by atoms with Crippen LogP contribution in [0.3, 0.4) is 0 Å². The molecular weight excluding hydrogens is 156 g/mol. The predicted octanol–water partition coefficient (Wildman–Crippen LogP) is 2.31. The number of nitrogens with zero attached hydrogens (tertiary/aromatic N) is 2. The van der Waals surface area contributed by atoms with Gasteiger partial charge in [0, 0.05) is 17.8 Å². The first-order chi connectivity index (χ1) is 5.29. The summed E-state index contributed by atoms with van der Waals surface area (Å²) in [4.78, 5) is 4.10. The standard InChI is InChI=1S/C8H8N2S/c1-5-3-9-4-7-8(5)6(2)10-11-7/h3-4H,1-2H3. The van der Waals surface area contributed by atoms with E-state index in [9.17, 15) is 0 Å². The molecule has 2 rings (SSSR count). The third-order valence-electron chi connectivity index (χ3n) is 1.74. The van der Waals surface area contributed by atoms with Gasteiger partial charge in [0.05, 0.1) is 10.4 Å². The Morgan fingerprint density at radius 1 is 1.27 bits per heavy atom. The van der Waals surface area contributed by atoms with E-state index in [-0.39, 0.29) is 0 Å². The molecule has 0 spiro atoms. The quantitative estimate of drug-likeness (QED) is 0.597. The molecule has 2 aromatic heterocycles. The maximum atomic E-state index is 4.26. The summed E-state index contributed by atoms with van der Waals surface area (Å²) in [6, 6.07) is 0. The van der Waals surface area contributed by atoms with Crippen molar-refractivity contribution in [1.82, 2.24) is 9.36 Å². The monoisotopic (exact) mass is 164 g/mol. The third kappa shape index (κ3) is 0.922.